The maximum atomic E-state index is 11.3. The van der Waals surface area contributed by atoms with E-state index in [4.69, 9.17) is 15.0 Å². The van der Waals surface area contributed by atoms with Gasteiger partial charge in [0, 0.05) is 12.4 Å². The number of nitrogens with two attached hydrogens (primary N) is 1. The van der Waals surface area contributed by atoms with Gasteiger partial charge in [-0.3, -0.25) is 4.98 Å². The number of hydrogen-bond acceptors (Lipinski definition) is 7. The van der Waals surface area contributed by atoms with E-state index >= 15 is 0 Å². The smallest absolute Gasteiger partial charge is 0.379 e. The minimum Gasteiger partial charge on any atom is -0.460 e. The van der Waals surface area contributed by atoms with Crippen molar-refractivity contribution in [3.8, 4) is 11.5 Å². The predicted octanol–water partition coefficient (Wildman–Crippen LogP) is 0.890. The summed E-state index contributed by atoms with van der Waals surface area (Å²) in [5, 5.41) is 3.51. The van der Waals surface area contributed by atoms with Gasteiger partial charge in [-0.05, 0) is 18.1 Å². The Balaban J connectivity index is 2.27. The van der Waals surface area contributed by atoms with Crippen LogP contribution in [0.5, 0.6) is 0 Å². The molecule has 0 saturated carbocycles. The maximum Gasteiger partial charge on any atom is 0.379 e. The molecule has 0 saturated heterocycles. The van der Waals surface area contributed by atoms with E-state index in [0.717, 1.165) is 0 Å². The minimum atomic E-state index is -0.626. The van der Waals surface area contributed by atoms with Gasteiger partial charge in [-0.2, -0.15) is 4.98 Å². The van der Waals surface area contributed by atoms with E-state index < -0.39 is 5.97 Å². The lowest BCUT2D eigenvalue weighted by molar-refractivity contribution is 0.0508. The Hall–Kier alpha value is -2.44. The average molecular weight is 234 g/mol. The van der Waals surface area contributed by atoms with E-state index in [1.54, 1.807) is 13.0 Å². The van der Waals surface area contributed by atoms with Crippen LogP contribution in [-0.4, -0.2) is 27.7 Å². The molecule has 7 heteroatoms. The number of nitrogen functional groups attached to an aromatic ring is 1. The summed E-state index contributed by atoms with van der Waals surface area (Å²) in [4.78, 5) is 19.1. The van der Waals surface area contributed by atoms with Gasteiger partial charge in [0.2, 0.25) is 0 Å². The number of hydrogen-bond donors (Lipinski definition) is 1. The fourth-order valence-electron chi connectivity index (χ4n) is 1.19. The van der Waals surface area contributed by atoms with Crippen LogP contribution in [0.2, 0.25) is 0 Å². The molecule has 2 N–H and O–H groups in total. The van der Waals surface area contributed by atoms with Crippen LogP contribution in [0.4, 0.5) is 5.69 Å². The lowest BCUT2D eigenvalue weighted by atomic mass is 10.2. The lowest BCUT2D eigenvalue weighted by Crippen LogP contribution is -2.06. The molecule has 88 valence electrons. The first kappa shape index (κ1) is 11.1. The normalized spacial score (nSPS) is 10.2. The van der Waals surface area contributed by atoms with E-state index in [1.807, 2.05) is 0 Å². The molecule has 7 nitrogen and oxygen atoms in total. The monoisotopic (exact) mass is 234 g/mol. The van der Waals surface area contributed by atoms with Gasteiger partial charge in [0.05, 0.1) is 17.9 Å². The first-order valence-corrected chi connectivity index (χ1v) is 4.92. The molecule has 17 heavy (non-hydrogen) atoms. The topological polar surface area (TPSA) is 104 Å². The molecule has 2 heterocycles. The van der Waals surface area contributed by atoms with Gasteiger partial charge in [0.25, 0.3) is 11.7 Å². The van der Waals surface area contributed by atoms with Gasteiger partial charge in [0.15, 0.2) is 0 Å². The number of pyridine rings is 1. The van der Waals surface area contributed by atoms with Crippen molar-refractivity contribution >= 4 is 11.7 Å². The van der Waals surface area contributed by atoms with Gasteiger partial charge in [0.1, 0.15) is 0 Å². The number of esters is 1. The van der Waals surface area contributed by atoms with Crippen molar-refractivity contribution in [2.24, 2.45) is 0 Å². The molecule has 0 aliphatic carbocycles. The second kappa shape index (κ2) is 4.60. The van der Waals surface area contributed by atoms with Crippen molar-refractivity contribution in [3.05, 3.63) is 24.3 Å². The zero-order chi connectivity index (χ0) is 12.3. The standard InChI is InChI=1S/C10H10N4O3/c1-2-16-10(15)8-13-9(17-14-8)6-3-7(11)5-12-4-6/h3-5H,2,11H2,1H3. The molecule has 2 aromatic heterocycles. The highest BCUT2D eigenvalue weighted by Gasteiger charge is 2.16. The predicted molar refractivity (Wildman–Crippen MR) is 57.9 cm³/mol. The fourth-order valence-corrected chi connectivity index (χ4v) is 1.19. The molecule has 0 amide bonds. The Labute approximate surface area is 96.6 Å². The quantitative estimate of drug-likeness (QED) is 0.786. The number of carbonyl (C=O) groups excluding carboxylic acids is 1. The van der Waals surface area contributed by atoms with Gasteiger partial charge >= 0.3 is 5.97 Å². The van der Waals surface area contributed by atoms with Gasteiger partial charge in [-0.15, -0.1) is 0 Å². The number of ether oxygens (including phenoxy) is 1. The summed E-state index contributed by atoms with van der Waals surface area (Å²) < 4.78 is 9.65. The number of rotatable bonds is 3. The first-order valence-electron chi connectivity index (χ1n) is 4.92. The Morgan fingerprint density at radius 3 is 3.06 bits per heavy atom. The molecule has 0 radical (unpaired) electrons. The zero-order valence-corrected chi connectivity index (χ0v) is 9.08. The van der Waals surface area contributed by atoms with Gasteiger partial charge < -0.3 is 15.0 Å². The number of carbonyl (C=O) groups is 1. The van der Waals surface area contributed by atoms with Crippen molar-refractivity contribution in [2.45, 2.75) is 6.92 Å². The Kier molecular flexibility index (Phi) is 2.99. The molecule has 0 atom stereocenters. The van der Waals surface area contributed by atoms with Crippen LogP contribution in [0.3, 0.4) is 0 Å². The van der Waals surface area contributed by atoms with Crippen molar-refractivity contribution in [1.82, 2.24) is 15.1 Å². The summed E-state index contributed by atoms with van der Waals surface area (Å²) in [5.41, 5.74) is 6.59. The molecule has 0 spiro atoms. The maximum absolute atomic E-state index is 11.3. The molecule has 0 fully saturated rings. The van der Waals surface area contributed by atoms with Gasteiger partial charge in [-0.25, -0.2) is 4.79 Å². The highest BCUT2D eigenvalue weighted by atomic mass is 16.5. The third kappa shape index (κ3) is 2.39. The molecule has 2 rings (SSSR count). The Bertz CT molecular complexity index is 538. The van der Waals surface area contributed by atoms with Crippen LogP contribution < -0.4 is 5.73 Å². The second-order valence-electron chi connectivity index (χ2n) is 3.15. The van der Waals surface area contributed by atoms with Crippen LogP contribution in [0.15, 0.2) is 23.0 Å². The summed E-state index contributed by atoms with van der Waals surface area (Å²) >= 11 is 0. The molecule has 0 bridgehead atoms. The third-order valence-corrected chi connectivity index (χ3v) is 1.89. The largest absolute Gasteiger partial charge is 0.460 e. The van der Waals surface area contributed by atoms with Crippen LogP contribution >= 0.6 is 0 Å². The SMILES string of the molecule is CCOC(=O)c1noc(-c2cncc(N)c2)n1. The lowest BCUT2D eigenvalue weighted by Gasteiger charge is -1.95. The second-order valence-corrected chi connectivity index (χ2v) is 3.15. The third-order valence-electron chi connectivity index (χ3n) is 1.89. The van der Waals surface area contributed by atoms with Crippen molar-refractivity contribution < 1.29 is 14.1 Å². The summed E-state index contributed by atoms with van der Waals surface area (Å²) in [6.07, 6.45) is 3.00. The average Bonchev–Trinajstić information content (AvgIpc) is 2.78. The number of aromatic nitrogens is 3. The zero-order valence-electron chi connectivity index (χ0n) is 9.08. The number of nitrogens with zero attached hydrogens (tertiary/aromatic N) is 3. The van der Waals surface area contributed by atoms with E-state index in [2.05, 4.69) is 15.1 Å². The summed E-state index contributed by atoms with van der Waals surface area (Å²) in [6, 6.07) is 1.62. The summed E-state index contributed by atoms with van der Waals surface area (Å²) in [5.74, 6) is -0.573. The minimum absolute atomic E-state index is 0.121. The molecule has 0 aliphatic rings. The van der Waals surface area contributed by atoms with Crippen molar-refractivity contribution in [3.63, 3.8) is 0 Å². The molecule has 2 aromatic rings. The highest BCUT2D eigenvalue weighted by Crippen LogP contribution is 2.18. The highest BCUT2D eigenvalue weighted by molar-refractivity contribution is 5.85. The van der Waals surface area contributed by atoms with Crippen molar-refractivity contribution in [1.29, 1.82) is 0 Å². The first-order chi connectivity index (χ1) is 8.20. The Morgan fingerprint density at radius 2 is 2.35 bits per heavy atom. The molecule has 0 aliphatic heterocycles. The number of anilines is 1. The molecular weight excluding hydrogens is 224 g/mol. The van der Waals surface area contributed by atoms with E-state index in [-0.39, 0.29) is 18.3 Å². The van der Waals surface area contributed by atoms with E-state index in [0.29, 0.717) is 11.3 Å². The summed E-state index contributed by atoms with van der Waals surface area (Å²) in [6.45, 7) is 1.95. The molecular formula is C10H10N4O3. The fraction of sp³-hybridized carbons (Fsp3) is 0.200. The molecule has 0 aromatic carbocycles. The Morgan fingerprint density at radius 1 is 1.53 bits per heavy atom. The van der Waals surface area contributed by atoms with Gasteiger partial charge in [-0.1, -0.05) is 0 Å². The van der Waals surface area contributed by atoms with Crippen LogP contribution in [0.25, 0.3) is 11.5 Å². The van der Waals surface area contributed by atoms with E-state index in [1.165, 1.54) is 12.4 Å². The van der Waals surface area contributed by atoms with E-state index in [9.17, 15) is 4.79 Å². The van der Waals surface area contributed by atoms with Crippen LogP contribution in [0, 0.1) is 0 Å². The van der Waals surface area contributed by atoms with Crippen LogP contribution in [0.1, 0.15) is 17.5 Å². The molecule has 0 unspecified atom stereocenters. The summed E-state index contributed by atoms with van der Waals surface area (Å²) in [7, 11) is 0. The van der Waals surface area contributed by atoms with Crippen LogP contribution in [-0.2, 0) is 4.74 Å². The van der Waals surface area contributed by atoms with Crippen molar-refractivity contribution in [2.75, 3.05) is 12.3 Å².